The quantitative estimate of drug-likeness (QED) is 0.668. The molecule has 0 amide bonds. The van der Waals surface area contributed by atoms with E-state index in [-0.39, 0.29) is 0 Å². The summed E-state index contributed by atoms with van der Waals surface area (Å²) < 4.78 is 0. The molecule has 68 valence electrons. The number of aliphatic imine (C=N–C) groups is 1. The molecule has 2 nitrogen and oxygen atoms in total. The monoisotopic (exact) mass is 166 g/mol. The van der Waals surface area contributed by atoms with Crippen LogP contribution in [0, 0.1) is 11.8 Å². The van der Waals surface area contributed by atoms with Crippen LogP contribution in [0.5, 0.6) is 0 Å². The van der Waals surface area contributed by atoms with Crippen LogP contribution >= 0.6 is 0 Å². The molecule has 0 aromatic carbocycles. The Balaban J connectivity index is 2.64. The predicted octanol–water partition coefficient (Wildman–Crippen LogP) is 2.18. The largest absolute Gasteiger partial charge is 0.381 e. The number of hydrogen-bond donors (Lipinski definition) is 1. The van der Waals surface area contributed by atoms with E-state index in [0.29, 0.717) is 17.9 Å². The molecule has 0 aromatic rings. The SMILES string of the molecule is CC1=NC=CNC1C(C)C(C)C. The molecule has 2 heteroatoms. The fraction of sp³-hybridized carbons (Fsp3) is 0.700. The lowest BCUT2D eigenvalue weighted by atomic mass is 9.87. The number of rotatable bonds is 2. The fourth-order valence-electron chi connectivity index (χ4n) is 1.42. The topological polar surface area (TPSA) is 24.4 Å². The lowest BCUT2D eigenvalue weighted by Gasteiger charge is -2.28. The summed E-state index contributed by atoms with van der Waals surface area (Å²) >= 11 is 0. The molecule has 0 bridgehead atoms. The normalized spacial score (nSPS) is 25.1. The van der Waals surface area contributed by atoms with Crippen molar-refractivity contribution < 1.29 is 0 Å². The minimum absolute atomic E-state index is 0.426. The van der Waals surface area contributed by atoms with Gasteiger partial charge in [0.25, 0.3) is 0 Å². The van der Waals surface area contributed by atoms with E-state index in [0.717, 1.165) is 0 Å². The van der Waals surface area contributed by atoms with E-state index in [1.165, 1.54) is 5.71 Å². The Kier molecular flexibility index (Phi) is 2.90. The van der Waals surface area contributed by atoms with Crippen molar-refractivity contribution in [1.82, 2.24) is 5.32 Å². The second kappa shape index (κ2) is 3.74. The summed E-state index contributed by atoms with van der Waals surface area (Å²) in [6, 6.07) is 0.426. The lowest BCUT2D eigenvalue weighted by molar-refractivity contribution is 0.370. The Morgan fingerprint density at radius 3 is 2.58 bits per heavy atom. The van der Waals surface area contributed by atoms with Crippen LogP contribution in [0.25, 0.3) is 0 Å². The van der Waals surface area contributed by atoms with Gasteiger partial charge in [0.15, 0.2) is 0 Å². The molecule has 12 heavy (non-hydrogen) atoms. The van der Waals surface area contributed by atoms with E-state index in [4.69, 9.17) is 0 Å². The second-order valence-corrected chi connectivity index (χ2v) is 3.83. The first kappa shape index (κ1) is 9.30. The number of hydrogen-bond acceptors (Lipinski definition) is 2. The highest BCUT2D eigenvalue weighted by atomic mass is 15.0. The van der Waals surface area contributed by atoms with Crippen LogP contribution in [0.1, 0.15) is 27.7 Å². The molecule has 1 aliphatic heterocycles. The van der Waals surface area contributed by atoms with Crippen molar-refractivity contribution in [1.29, 1.82) is 0 Å². The summed E-state index contributed by atoms with van der Waals surface area (Å²) in [5.41, 5.74) is 1.19. The van der Waals surface area contributed by atoms with Crippen LogP contribution in [-0.2, 0) is 0 Å². The van der Waals surface area contributed by atoms with Crippen molar-refractivity contribution in [3.63, 3.8) is 0 Å². The standard InChI is InChI=1S/C10H18N2/c1-7(2)8(3)10-9(4)11-5-6-12-10/h5-8,10,12H,1-4H3. The first-order valence-electron chi connectivity index (χ1n) is 4.58. The predicted molar refractivity (Wildman–Crippen MR) is 53.2 cm³/mol. The van der Waals surface area contributed by atoms with Crippen LogP contribution in [0.2, 0.25) is 0 Å². The number of nitrogens with zero attached hydrogens (tertiary/aromatic N) is 1. The minimum atomic E-state index is 0.426. The molecule has 1 N–H and O–H groups in total. The summed E-state index contributed by atoms with van der Waals surface area (Å²) in [5, 5.41) is 3.34. The van der Waals surface area contributed by atoms with Crippen molar-refractivity contribution in [2.24, 2.45) is 16.8 Å². The highest BCUT2D eigenvalue weighted by Crippen LogP contribution is 2.17. The summed E-state index contributed by atoms with van der Waals surface area (Å²) in [6.45, 7) is 8.84. The van der Waals surface area contributed by atoms with E-state index in [1.54, 1.807) is 0 Å². The highest BCUT2D eigenvalue weighted by Gasteiger charge is 2.22. The highest BCUT2D eigenvalue weighted by molar-refractivity contribution is 5.88. The lowest BCUT2D eigenvalue weighted by Crippen LogP contribution is -2.41. The molecule has 0 fully saturated rings. The minimum Gasteiger partial charge on any atom is -0.381 e. The van der Waals surface area contributed by atoms with E-state index in [1.807, 2.05) is 12.4 Å². The van der Waals surface area contributed by atoms with Crippen molar-refractivity contribution in [3.8, 4) is 0 Å². The fourth-order valence-corrected chi connectivity index (χ4v) is 1.42. The van der Waals surface area contributed by atoms with Crippen molar-refractivity contribution in [3.05, 3.63) is 12.4 Å². The second-order valence-electron chi connectivity index (χ2n) is 3.83. The molecule has 0 radical (unpaired) electrons. The molecule has 0 spiro atoms. The zero-order valence-corrected chi connectivity index (χ0v) is 8.33. The van der Waals surface area contributed by atoms with Gasteiger partial charge < -0.3 is 5.32 Å². The molecule has 1 aliphatic rings. The van der Waals surface area contributed by atoms with Crippen molar-refractivity contribution >= 4 is 5.71 Å². The maximum absolute atomic E-state index is 4.29. The van der Waals surface area contributed by atoms with Crippen LogP contribution in [0.4, 0.5) is 0 Å². The third kappa shape index (κ3) is 1.87. The zero-order chi connectivity index (χ0) is 9.14. The molecule has 0 saturated heterocycles. The molecule has 2 unspecified atom stereocenters. The van der Waals surface area contributed by atoms with E-state index in [9.17, 15) is 0 Å². The molecule has 1 rings (SSSR count). The third-order valence-electron chi connectivity index (χ3n) is 2.66. The van der Waals surface area contributed by atoms with Gasteiger partial charge in [0.1, 0.15) is 0 Å². The smallest absolute Gasteiger partial charge is 0.0666 e. The first-order chi connectivity index (χ1) is 5.63. The number of nitrogens with one attached hydrogen (secondary N) is 1. The molecular weight excluding hydrogens is 148 g/mol. The maximum Gasteiger partial charge on any atom is 0.0666 e. The Hall–Kier alpha value is -0.790. The Labute approximate surface area is 74.8 Å². The van der Waals surface area contributed by atoms with Gasteiger partial charge in [-0.3, -0.25) is 4.99 Å². The van der Waals surface area contributed by atoms with Gasteiger partial charge in [-0.15, -0.1) is 0 Å². The van der Waals surface area contributed by atoms with Gasteiger partial charge in [-0.1, -0.05) is 20.8 Å². The van der Waals surface area contributed by atoms with E-state index >= 15 is 0 Å². The van der Waals surface area contributed by atoms with Crippen LogP contribution < -0.4 is 5.32 Å². The Morgan fingerprint density at radius 2 is 2.08 bits per heavy atom. The van der Waals surface area contributed by atoms with Crippen molar-refractivity contribution in [2.45, 2.75) is 33.7 Å². The van der Waals surface area contributed by atoms with Crippen molar-refractivity contribution in [2.75, 3.05) is 0 Å². The molecule has 0 saturated carbocycles. The summed E-state index contributed by atoms with van der Waals surface area (Å²) in [5.74, 6) is 1.33. The molecule has 2 atom stereocenters. The average Bonchev–Trinajstić information content (AvgIpc) is 2.04. The Morgan fingerprint density at radius 1 is 1.42 bits per heavy atom. The van der Waals surface area contributed by atoms with Gasteiger partial charge in [-0.05, 0) is 18.8 Å². The summed E-state index contributed by atoms with van der Waals surface area (Å²) in [7, 11) is 0. The van der Waals surface area contributed by atoms with Gasteiger partial charge in [0.05, 0.1) is 6.04 Å². The van der Waals surface area contributed by atoms with Crippen LogP contribution in [0.15, 0.2) is 17.4 Å². The maximum atomic E-state index is 4.29. The van der Waals surface area contributed by atoms with Crippen LogP contribution in [-0.4, -0.2) is 11.8 Å². The molecule has 0 aromatic heterocycles. The van der Waals surface area contributed by atoms with Gasteiger partial charge in [-0.2, -0.15) is 0 Å². The van der Waals surface area contributed by atoms with Gasteiger partial charge in [0, 0.05) is 18.1 Å². The third-order valence-corrected chi connectivity index (χ3v) is 2.66. The van der Waals surface area contributed by atoms with Gasteiger partial charge in [-0.25, -0.2) is 0 Å². The van der Waals surface area contributed by atoms with Gasteiger partial charge in [0.2, 0.25) is 0 Å². The van der Waals surface area contributed by atoms with Crippen LogP contribution in [0.3, 0.4) is 0 Å². The summed E-state index contributed by atoms with van der Waals surface area (Å²) in [4.78, 5) is 4.29. The molecule has 1 heterocycles. The zero-order valence-electron chi connectivity index (χ0n) is 8.33. The van der Waals surface area contributed by atoms with E-state index < -0.39 is 0 Å². The molecular formula is C10H18N2. The average molecular weight is 166 g/mol. The van der Waals surface area contributed by atoms with E-state index in [2.05, 4.69) is 38.0 Å². The first-order valence-corrected chi connectivity index (χ1v) is 4.58. The summed E-state index contributed by atoms with van der Waals surface area (Å²) in [6.07, 6.45) is 3.75. The molecule has 0 aliphatic carbocycles. The van der Waals surface area contributed by atoms with Gasteiger partial charge >= 0.3 is 0 Å². The Bertz CT molecular complexity index is 204.